The third-order valence-corrected chi connectivity index (χ3v) is 2.96. The number of nitrogens with one attached hydrogen (secondary N) is 2. The molecule has 0 aromatic carbocycles. The number of carbonyl (C=O) groups is 2. The molecule has 2 rings (SSSR count). The lowest BCUT2D eigenvalue weighted by molar-refractivity contribution is -0.126. The van der Waals surface area contributed by atoms with Crippen LogP contribution in [0.3, 0.4) is 0 Å². The van der Waals surface area contributed by atoms with Crippen molar-refractivity contribution < 1.29 is 14.7 Å². The lowest BCUT2D eigenvalue weighted by Crippen LogP contribution is -2.44. The highest BCUT2D eigenvalue weighted by Crippen LogP contribution is 2.32. The number of aliphatic hydroxyl groups excluding tert-OH is 1. The topological polar surface area (TPSA) is 78.4 Å². The average Bonchev–Trinajstić information content (AvgIpc) is 2.97. The van der Waals surface area contributed by atoms with Gasteiger partial charge in [-0.2, -0.15) is 0 Å². The van der Waals surface area contributed by atoms with Gasteiger partial charge < -0.3 is 15.7 Å². The highest BCUT2D eigenvalue weighted by atomic mass is 16.3. The number of hydrogen-bond donors (Lipinski definition) is 3. The molecular formula is C10H16N2O3. The molecule has 1 aliphatic heterocycles. The molecular weight excluding hydrogens is 196 g/mol. The second kappa shape index (κ2) is 4.18. The number of hydrogen-bond acceptors (Lipinski definition) is 3. The first-order valence-corrected chi connectivity index (χ1v) is 5.42. The summed E-state index contributed by atoms with van der Waals surface area (Å²) in [6.07, 6.45) is 2.66. The second-order valence-corrected chi connectivity index (χ2v) is 4.31. The van der Waals surface area contributed by atoms with Crippen molar-refractivity contribution in [2.75, 3.05) is 6.54 Å². The third kappa shape index (κ3) is 2.68. The van der Waals surface area contributed by atoms with Crippen LogP contribution in [0.5, 0.6) is 0 Å². The van der Waals surface area contributed by atoms with E-state index in [0.717, 1.165) is 12.8 Å². The van der Waals surface area contributed by atoms with Gasteiger partial charge in [-0.1, -0.05) is 0 Å². The zero-order valence-electron chi connectivity index (χ0n) is 8.53. The van der Waals surface area contributed by atoms with Crippen LogP contribution in [0, 0.1) is 5.92 Å². The van der Waals surface area contributed by atoms with Crippen molar-refractivity contribution in [3.63, 3.8) is 0 Å². The fourth-order valence-electron chi connectivity index (χ4n) is 1.79. The predicted molar refractivity (Wildman–Crippen MR) is 52.9 cm³/mol. The summed E-state index contributed by atoms with van der Waals surface area (Å²) in [7, 11) is 0. The van der Waals surface area contributed by atoms with Crippen molar-refractivity contribution in [2.24, 2.45) is 5.92 Å². The number of amides is 2. The molecule has 84 valence electrons. The first-order chi connectivity index (χ1) is 7.16. The molecule has 1 aliphatic carbocycles. The highest BCUT2D eigenvalue weighted by molar-refractivity contribution is 5.90. The lowest BCUT2D eigenvalue weighted by atomic mass is 10.2. The predicted octanol–water partition coefficient (Wildman–Crippen LogP) is -0.848. The van der Waals surface area contributed by atoms with E-state index in [2.05, 4.69) is 10.6 Å². The van der Waals surface area contributed by atoms with Crippen LogP contribution in [0.2, 0.25) is 0 Å². The summed E-state index contributed by atoms with van der Waals surface area (Å²) in [5.41, 5.74) is 0. The summed E-state index contributed by atoms with van der Waals surface area (Å²) in [6.45, 7) is 0.301. The SMILES string of the molecule is O=C1CCC(C(=O)NCC(O)C2CC2)N1. The summed E-state index contributed by atoms with van der Waals surface area (Å²) in [4.78, 5) is 22.4. The van der Waals surface area contributed by atoms with Gasteiger partial charge >= 0.3 is 0 Å². The lowest BCUT2D eigenvalue weighted by Gasteiger charge is -2.13. The van der Waals surface area contributed by atoms with Gasteiger partial charge in [0.1, 0.15) is 6.04 Å². The monoisotopic (exact) mass is 212 g/mol. The maximum absolute atomic E-state index is 11.5. The van der Waals surface area contributed by atoms with Crippen LogP contribution in [0.1, 0.15) is 25.7 Å². The molecule has 2 atom stereocenters. The first kappa shape index (κ1) is 10.4. The van der Waals surface area contributed by atoms with Gasteiger partial charge in [-0.3, -0.25) is 9.59 Å². The maximum Gasteiger partial charge on any atom is 0.242 e. The average molecular weight is 212 g/mol. The Balaban J connectivity index is 1.69. The normalized spacial score (nSPS) is 27.3. The molecule has 15 heavy (non-hydrogen) atoms. The molecule has 0 spiro atoms. The Morgan fingerprint density at radius 1 is 1.53 bits per heavy atom. The molecule has 1 saturated heterocycles. The number of carbonyl (C=O) groups excluding carboxylic acids is 2. The van der Waals surface area contributed by atoms with Gasteiger partial charge in [0.05, 0.1) is 6.10 Å². The van der Waals surface area contributed by atoms with Crippen molar-refractivity contribution in [2.45, 2.75) is 37.8 Å². The minimum atomic E-state index is -0.425. The van der Waals surface area contributed by atoms with E-state index >= 15 is 0 Å². The zero-order valence-corrected chi connectivity index (χ0v) is 8.53. The largest absolute Gasteiger partial charge is 0.391 e. The van der Waals surface area contributed by atoms with E-state index < -0.39 is 12.1 Å². The smallest absolute Gasteiger partial charge is 0.242 e. The van der Waals surface area contributed by atoms with Gasteiger partial charge in [0.25, 0.3) is 0 Å². The van der Waals surface area contributed by atoms with Crippen LogP contribution in [0.4, 0.5) is 0 Å². The van der Waals surface area contributed by atoms with Crippen LogP contribution >= 0.6 is 0 Å². The molecule has 1 heterocycles. The van der Waals surface area contributed by atoms with Gasteiger partial charge in [-0.15, -0.1) is 0 Å². The van der Waals surface area contributed by atoms with Crippen molar-refractivity contribution in [1.29, 1.82) is 0 Å². The van der Waals surface area contributed by atoms with Crippen molar-refractivity contribution in [3.8, 4) is 0 Å². The van der Waals surface area contributed by atoms with Gasteiger partial charge in [0.15, 0.2) is 0 Å². The molecule has 0 radical (unpaired) electrons. The Kier molecular flexibility index (Phi) is 2.90. The Bertz CT molecular complexity index is 276. The molecule has 2 fully saturated rings. The van der Waals surface area contributed by atoms with Gasteiger partial charge in [-0.25, -0.2) is 0 Å². The Hall–Kier alpha value is -1.10. The van der Waals surface area contributed by atoms with Gasteiger partial charge in [0.2, 0.25) is 11.8 Å². The van der Waals surface area contributed by atoms with E-state index in [1.54, 1.807) is 0 Å². The quantitative estimate of drug-likeness (QED) is 0.568. The van der Waals surface area contributed by atoms with E-state index in [9.17, 15) is 14.7 Å². The van der Waals surface area contributed by atoms with E-state index in [0.29, 0.717) is 25.3 Å². The van der Waals surface area contributed by atoms with Crippen molar-refractivity contribution in [1.82, 2.24) is 10.6 Å². The number of aliphatic hydroxyl groups is 1. The van der Waals surface area contributed by atoms with E-state index in [4.69, 9.17) is 0 Å². The molecule has 2 unspecified atom stereocenters. The van der Waals surface area contributed by atoms with Gasteiger partial charge in [-0.05, 0) is 25.2 Å². The van der Waals surface area contributed by atoms with E-state index in [-0.39, 0.29) is 11.8 Å². The molecule has 2 aliphatic rings. The van der Waals surface area contributed by atoms with Crippen LogP contribution < -0.4 is 10.6 Å². The summed E-state index contributed by atoms with van der Waals surface area (Å²) >= 11 is 0. The zero-order chi connectivity index (χ0) is 10.8. The second-order valence-electron chi connectivity index (χ2n) is 4.31. The van der Waals surface area contributed by atoms with Crippen LogP contribution in [-0.4, -0.2) is 35.6 Å². The summed E-state index contributed by atoms with van der Waals surface area (Å²) in [5, 5.41) is 14.8. The van der Waals surface area contributed by atoms with Crippen LogP contribution in [-0.2, 0) is 9.59 Å². The maximum atomic E-state index is 11.5. The third-order valence-electron chi connectivity index (χ3n) is 2.96. The molecule has 0 bridgehead atoms. The fourth-order valence-corrected chi connectivity index (χ4v) is 1.79. The first-order valence-electron chi connectivity index (χ1n) is 5.42. The molecule has 5 nitrogen and oxygen atoms in total. The minimum Gasteiger partial charge on any atom is -0.391 e. The Morgan fingerprint density at radius 2 is 2.27 bits per heavy atom. The number of rotatable bonds is 4. The Labute approximate surface area is 88.2 Å². The van der Waals surface area contributed by atoms with Crippen LogP contribution in [0.15, 0.2) is 0 Å². The highest BCUT2D eigenvalue weighted by Gasteiger charge is 2.31. The van der Waals surface area contributed by atoms with Crippen LogP contribution in [0.25, 0.3) is 0 Å². The van der Waals surface area contributed by atoms with Crippen molar-refractivity contribution >= 4 is 11.8 Å². The molecule has 1 saturated carbocycles. The fraction of sp³-hybridized carbons (Fsp3) is 0.800. The summed E-state index contributed by atoms with van der Waals surface area (Å²) < 4.78 is 0. The summed E-state index contributed by atoms with van der Waals surface area (Å²) in [6, 6.07) is -0.399. The summed E-state index contributed by atoms with van der Waals surface area (Å²) in [5.74, 6) is 0.113. The van der Waals surface area contributed by atoms with E-state index in [1.165, 1.54) is 0 Å². The molecule has 3 N–H and O–H groups in total. The standard InChI is InChI=1S/C10H16N2O3/c13-8(6-1-2-6)5-11-10(15)7-3-4-9(14)12-7/h6-8,13H,1-5H2,(H,11,15)(H,12,14). The Morgan fingerprint density at radius 3 is 2.80 bits per heavy atom. The molecule has 5 heteroatoms. The minimum absolute atomic E-state index is 0.0714. The molecule has 0 aromatic heterocycles. The van der Waals surface area contributed by atoms with E-state index in [1.807, 2.05) is 0 Å². The molecule has 2 amide bonds. The van der Waals surface area contributed by atoms with Crippen molar-refractivity contribution in [3.05, 3.63) is 0 Å². The van der Waals surface area contributed by atoms with Gasteiger partial charge in [0, 0.05) is 13.0 Å². The molecule has 0 aromatic rings.